The van der Waals surface area contributed by atoms with Gasteiger partial charge in [0.05, 0.1) is 29.4 Å². The molecule has 1 heterocycles. The van der Waals surface area contributed by atoms with Crippen LogP contribution in [-0.4, -0.2) is 37.4 Å². The minimum absolute atomic E-state index is 0.0219. The normalized spacial score (nSPS) is 18.1. The van der Waals surface area contributed by atoms with Gasteiger partial charge < -0.3 is 18.8 Å². The summed E-state index contributed by atoms with van der Waals surface area (Å²) in [5.41, 5.74) is -3.20. The van der Waals surface area contributed by atoms with Crippen LogP contribution in [0.25, 0.3) is 0 Å². The van der Waals surface area contributed by atoms with E-state index < -0.39 is 54.2 Å². The van der Waals surface area contributed by atoms with E-state index in [-0.39, 0.29) is 11.0 Å². The Morgan fingerprint density at radius 2 is 1.64 bits per heavy atom. The molecule has 0 aliphatic carbocycles. The minimum atomic E-state index is -4.82. The maximum absolute atomic E-state index is 13.5. The summed E-state index contributed by atoms with van der Waals surface area (Å²) in [6.07, 6.45) is -4.82. The Labute approximate surface area is 161 Å². The van der Waals surface area contributed by atoms with Crippen LogP contribution in [0.5, 0.6) is 0 Å². The van der Waals surface area contributed by atoms with E-state index in [1.165, 1.54) is 0 Å². The molecular formula is C18H22BF3O6. The molecule has 1 aliphatic rings. The minimum Gasteiger partial charge on any atom is -0.465 e. The number of hydrogen-bond acceptors (Lipinski definition) is 6. The summed E-state index contributed by atoms with van der Waals surface area (Å²) in [7, 11) is -0.0646. The van der Waals surface area contributed by atoms with Gasteiger partial charge in [-0.2, -0.15) is 13.2 Å². The highest BCUT2D eigenvalue weighted by molar-refractivity contribution is 6.62. The highest BCUT2D eigenvalue weighted by Gasteiger charge is 2.52. The molecule has 0 spiro atoms. The van der Waals surface area contributed by atoms with E-state index in [1.54, 1.807) is 27.7 Å². The van der Waals surface area contributed by atoms with E-state index in [0.29, 0.717) is 0 Å². The zero-order chi connectivity index (χ0) is 21.5. The van der Waals surface area contributed by atoms with Crippen LogP contribution in [-0.2, 0) is 36.4 Å². The smallest absolute Gasteiger partial charge is 0.465 e. The zero-order valence-electron chi connectivity index (χ0n) is 16.5. The summed E-state index contributed by atoms with van der Waals surface area (Å²) >= 11 is 0. The fourth-order valence-electron chi connectivity index (χ4n) is 2.67. The van der Waals surface area contributed by atoms with Crippen molar-refractivity contribution in [3.8, 4) is 0 Å². The second-order valence-corrected chi connectivity index (χ2v) is 7.45. The summed E-state index contributed by atoms with van der Waals surface area (Å²) in [5, 5.41) is 0. The average molecular weight is 402 g/mol. The molecule has 0 N–H and O–H groups in total. The molecule has 1 aromatic carbocycles. The van der Waals surface area contributed by atoms with Crippen LogP contribution < -0.4 is 5.46 Å². The molecular weight excluding hydrogens is 380 g/mol. The van der Waals surface area contributed by atoms with Gasteiger partial charge in [0.15, 0.2) is 0 Å². The number of halogens is 3. The van der Waals surface area contributed by atoms with Crippen LogP contribution in [0.3, 0.4) is 0 Å². The van der Waals surface area contributed by atoms with Crippen LogP contribution in [0.4, 0.5) is 13.2 Å². The first kappa shape index (κ1) is 22.2. The number of benzene rings is 1. The molecule has 0 atom stereocenters. The number of ether oxygens (including phenoxy) is 2. The molecule has 1 aliphatic heterocycles. The Balaban J connectivity index is 2.65. The van der Waals surface area contributed by atoms with Crippen molar-refractivity contribution in [3.05, 3.63) is 28.8 Å². The molecule has 28 heavy (non-hydrogen) atoms. The van der Waals surface area contributed by atoms with E-state index in [2.05, 4.69) is 4.74 Å². The molecule has 0 aromatic heterocycles. The Kier molecular flexibility index (Phi) is 5.87. The van der Waals surface area contributed by atoms with Crippen molar-refractivity contribution < 1.29 is 41.5 Å². The van der Waals surface area contributed by atoms with Crippen molar-refractivity contribution in [2.75, 3.05) is 7.11 Å². The van der Waals surface area contributed by atoms with Crippen LogP contribution in [0, 0.1) is 0 Å². The number of esters is 2. The third-order valence-electron chi connectivity index (χ3n) is 4.93. The van der Waals surface area contributed by atoms with Gasteiger partial charge in [0.2, 0.25) is 0 Å². The van der Waals surface area contributed by atoms with E-state index in [0.717, 1.165) is 26.2 Å². The quantitative estimate of drug-likeness (QED) is 0.570. The van der Waals surface area contributed by atoms with Crippen molar-refractivity contribution in [1.29, 1.82) is 0 Å². The number of hydrogen-bond donors (Lipinski definition) is 0. The molecule has 1 fully saturated rings. The highest BCUT2D eigenvalue weighted by atomic mass is 19.4. The number of methoxy groups -OCH3 is 1. The van der Waals surface area contributed by atoms with E-state index >= 15 is 0 Å². The molecule has 2 rings (SSSR count). The molecule has 0 bridgehead atoms. The number of alkyl halides is 3. The van der Waals surface area contributed by atoms with Crippen LogP contribution in [0.1, 0.15) is 56.1 Å². The lowest BCUT2D eigenvalue weighted by atomic mass is 9.74. The predicted molar refractivity (Wildman–Crippen MR) is 94.0 cm³/mol. The van der Waals surface area contributed by atoms with Gasteiger partial charge in [-0.1, -0.05) is 0 Å². The molecule has 0 saturated carbocycles. The molecule has 0 amide bonds. The third kappa shape index (κ3) is 4.33. The Bertz CT molecular complexity index is 772. The summed E-state index contributed by atoms with van der Waals surface area (Å²) in [5.74, 6) is -1.81. The van der Waals surface area contributed by atoms with Crippen molar-refractivity contribution >= 4 is 24.5 Å². The maximum atomic E-state index is 13.5. The summed E-state index contributed by atoms with van der Waals surface area (Å²) in [6.45, 7) is 7.84. The molecule has 1 aromatic rings. The van der Waals surface area contributed by atoms with Crippen molar-refractivity contribution in [2.45, 2.75) is 58.6 Å². The van der Waals surface area contributed by atoms with Gasteiger partial charge in [0, 0.05) is 6.92 Å². The van der Waals surface area contributed by atoms with Crippen molar-refractivity contribution in [3.63, 3.8) is 0 Å². The summed E-state index contributed by atoms with van der Waals surface area (Å²) in [6, 6.07) is 1.78. The number of rotatable bonds is 4. The summed E-state index contributed by atoms with van der Waals surface area (Å²) in [4.78, 5) is 23.2. The van der Waals surface area contributed by atoms with Crippen LogP contribution >= 0.6 is 0 Å². The first-order valence-corrected chi connectivity index (χ1v) is 8.51. The van der Waals surface area contributed by atoms with Crippen molar-refractivity contribution in [1.82, 2.24) is 0 Å². The van der Waals surface area contributed by atoms with Crippen LogP contribution in [0.2, 0.25) is 0 Å². The first-order chi connectivity index (χ1) is 12.7. The van der Waals surface area contributed by atoms with Gasteiger partial charge in [-0.25, -0.2) is 4.79 Å². The monoisotopic (exact) mass is 402 g/mol. The van der Waals surface area contributed by atoms with Gasteiger partial charge in [0.25, 0.3) is 0 Å². The van der Waals surface area contributed by atoms with Crippen LogP contribution in [0.15, 0.2) is 12.1 Å². The molecule has 154 valence electrons. The van der Waals surface area contributed by atoms with E-state index in [4.69, 9.17) is 14.0 Å². The number of carbonyl (C=O) groups is 2. The lowest BCUT2D eigenvalue weighted by Crippen LogP contribution is -2.41. The SMILES string of the molecule is COC(=O)c1cc(B2OC(C)(C)C(C)(C)O2)c(COC(C)=O)cc1C(F)(F)F. The summed E-state index contributed by atoms with van der Waals surface area (Å²) < 4.78 is 61.7. The fourth-order valence-corrected chi connectivity index (χ4v) is 2.67. The van der Waals surface area contributed by atoms with Crippen molar-refractivity contribution in [2.24, 2.45) is 0 Å². The lowest BCUT2D eigenvalue weighted by molar-refractivity contribution is -0.142. The largest absolute Gasteiger partial charge is 0.495 e. The molecule has 0 radical (unpaired) electrons. The Hall–Kier alpha value is -2.07. The van der Waals surface area contributed by atoms with Gasteiger partial charge in [-0.3, -0.25) is 4.79 Å². The van der Waals surface area contributed by atoms with Gasteiger partial charge in [-0.05, 0) is 50.9 Å². The molecule has 6 nitrogen and oxygen atoms in total. The Morgan fingerprint density at radius 1 is 1.11 bits per heavy atom. The average Bonchev–Trinajstić information content (AvgIpc) is 2.78. The zero-order valence-corrected chi connectivity index (χ0v) is 16.5. The molecule has 1 saturated heterocycles. The second kappa shape index (κ2) is 7.40. The highest BCUT2D eigenvalue weighted by Crippen LogP contribution is 2.38. The number of carbonyl (C=O) groups excluding carboxylic acids is 2. The predicted octanol–water partition coefficient (Wildman–Crippen LogP) is 2.85. The standard InChI is InChI=1S/C18H22BF3O6/c1-10(23)26-9-11-7-13(18(20,21)22)12(15(24)25-6)8-14(11)19-27-16(2,3)17(4,5)28-19/h7-8H,9H2,1-6H3. The lowest BCUT2D eigenvalue weighted by Gasteiger charge is -2.32. The molecule has 0 unspecified atom stereocenters. The van der Waals surface area contributed by atoms with Gasteiger partial charge in [0.1, 0.15) is 6.61 Å². The first-order valence-electron chi connectivity index (χ1n) is 8.51. The van der Waals surface area contributed by atoms with E-state index in [9.17, 15) is 22.8 Å². The van der Waals surface area contributed by atoms with E-state index in [1.807, 2.05) is 0 Å². The van der Waals surface area contributed by atoms with Gasteiger partial charge >= 0.3 is 25.2 Å². The third-order valence-corrected chi connectivity index (χ3v) is 4.93. The Morgan fingerprint density at radius 3 is 2.07 bits per heavy atom. The maximum Gasteiger partial charge on any atom is 0.495 e. The molecule has 10 heteroatoms. The topological polar surface area (TPSA) is 71.1 Å². The second-order valence-electron chi connectivity index (χ2n) is 7.45. The fraction of sp³-hybridized carbons (Fsp3) is 0.556. The van der Waals surface area contributed by atoms with Gasteiger partial charge in [-0.15, -0.1) is 0 Å².